The number of carbonyl (C=O) groups excluding carboxylic acids is 2. The molecule has 1 aromatic heterocycles. The van der Waals surface area contributed by atoms with Gasteiger partial charge in [-0.1, -0.05) is 25.1 Å². The molecular formula is C21H25N3O3. The van der Waals surface area contributed by atoms with E-state index in [2.05, 4.69) is 10.3 Å². The molecule has 142 valence electrons. The first-order valence-electron chi connectivity index (χ1n) is 9.39. The first-order chi connectivity index (χ1) is 13.2. The summed E-state index contributed by atoms with van der Waals surface area (Å²) in [5.41, 5.74) is 1.38. The number of amides is 2. The van der Waals surface area contributed by atoms with E-state index >= 15 is 0 Å². The van der Waals surface area contributed by atoms with Crippen LogP contribution < -0.4 is 10.1 Å². The normalized spacial score (nSPS) is 14.6. The zero-order valence-electron chi connectivity index (χ0n) is 15.6. The van der Waals surface area contributed by atoms with Crippen LogP contribution in [0.3, 0.4) is 0 Å². The average Bonchev–Trinajstić information content (AvgIpc) is 3.26. The topological polar surface area (TPSA) is 71.5 Å². The monoisotopic (exact) mass is 367 g/mol. The van der Waals surface area contributed by atoms with Crippen LogP contribution in [0.25, 0.3) is 0 Å². The molecular weight excluding hydrogens is 342 g/mol. The van der Waals surface area contributed by atoms with Crippen LogP contribution in [0.4, 0.5) is 0 Å². The minimum atomic E-state index is -0.212. The Bertz CT molecular complexity index is 773. The molecule has 1 saturated heterocycles. The van der Waals surface area contributed by atoms with Crippen molar-refractivity contribution in [1.29, 1.82) is 0 Å². The first kappa shape index (κ1) is 18.9. The fourth-order valence-corrected chi connectivity index (χ4v) is 3.24. The summed E-state index contributed by atoms with van der Waals surface area (Å²) in [6.07, 6.45) is 5.99. The molecule has 3 rings (SSSR count). The van der Waals surface area contributed by atoms with Gasteiger partial charge in [-0.3, -0.25) is 14.6 Å². The Balaban J connectivity index is 1.68. The van der Waals surface area contributed by atoms with Crippen LogP contribution >= 0.6 is 0 Å². The predicted molar refractivity (Wildman–Crippen MR) is 102 cm³/mol. The number of ether oxygens (including phenoxy) is 1. The second-order valence-corrected chi connectivity index (χ2v) is 6.59. The SMILES string of the molecule is CC[C@@H](NC(=O)c1cccnc1)c1ccccc1OCC(=O)N1CCCC1. The highest BCUT2D eigenvalue weighted by Gasteiger charge is 2.21. The lowest BCUT2D eigenvalue weighted by atomic mass is 10.0. The number of benzene rings is 1. The number of pyridine rings is 1. The van der Waals surface area contributed by atoms with Crippen molar-refractivity contribution in [2.75, 3.05) is 19.7 Å². The first-order valence-corrected chi connectivity index (χ1v) is 9.39. The highest BCUT2D eigenvalue weighted by molar-refractivity contribution is 5.94. The largest absolute Gasteiger partial charge is 0.483 e. The van der Waals surface area contributed by atoms with E-state index in [9.17, 15) is 9.59 Å². The van der Waals surface area contributed by atoms with Gasteiger partial charge >= 0.3 is 0 Å². The van der Waals surface area contributed by atoms with Crippen LogP contribution in [0.15, 0.2) is 48.8 Å². The molecule has 2 aromatic rings. The third kappa shape index (κ3) is 4.84. The summed E-state index contributed by atoms with van der Waals surface area (Å²) in [5.74, 6) is 0.455. The summed E-state index contributed by atoms with van der Waals surface area (Å²) in [7, 11) is 0. The van der Waals surface area contributed by atoms with Crippen molar-refractivity contribution < 1.29 is 14.3 Å². The zero-order chi connectivity index (χ0) is 19.1. The second-order valence-electron chi connectivity index (χ2n) is 6.59. The van der Waals surface area contributed by atoms with Crippen LogP contribution in [-0.4, -0.2) is 41.4 Å². The van der Waals surface area contributed by atoms with Crippen molar-refractivity contribution in [1.82, 2.24) is 15.2 Å². The van der Waals surface area contributed by atoms with Gasteiger partial charge in [0.05, 0.1) is 11.6 Å². The molecule has 0 aliphatic carbocycles. The van der Waals surface area contributed by atoms with Crippen molar-refractivity contribution in [2.45, 2.75) is 32.2 Å². The minimum Gasteiger partial charge on any atom is -0.483 e. The van der Waals surface area contributed by atoms with Gasteiger partial charge in [-0.2, -0.15) is 0 Å². The fraction of sp³-hybridized carbons (Fsp3) is 0.381. The predicted octanol–water partition coefficient (Wildman–Crippen LogP) is 2.96. The molecule has 1 atom stereocenters. The number of hydrogen-bond acceptors (Lipinski definition) is 4. The van der Waals surface area contributed by atoms with Gasteiger partial charge in [-0.05, 0) is 37.5 Å². The van der Waals surface area contributed by atoms with Gasteiger partial charge in [0.15, 0.2) is 6.61 Å². The van der Waals surface area contributed by atoms with Crippen LogP contribution in [0, 0.1) is 0 Å². The van der Waals surface area contributed by atoms with Gasteiger partial charge in [0.1, 0.15) is 5.75 Å². The van der Waals surface area contributed by atoms with Gasteiger partial charge < -0.3 is 15.0 Å². The molecule has 2 amide bonds. The Labute approximate surface area is 159 Å². The number of para-hydroxylation sites is 1. The summed E-state index contributed by atoms with van der Waals surface area (Å²) >= 11 is 0. The van der Waals surface area contributed by atoms with Crippen molar-refractivity contribution in [3.8, 4) is 5.75 Å². The Morgan fingerprint density at radius 2 is 1.96 bits per heavy atom. The quantitative estimate of drug-likeness (QED) is 0.817. The molecule has 0 bridgehead atoms. The molecule has 27 heavy (non-hydrogen) atoms. The molecule has 0 spiro atoms. The summed E-state index contributed by atoms with van der Waals surface area (Å²) in [4.78, 5) is 30.6. The summed E-state index contributed by atoms with van der Waals surface area (Å²) in [6.45, 7) is 3.63. The molecule has 2 heterocycles. The van der Waals surface area contributed by atoms with Gasteiger partial charge in [0.25, 0.3) is 11.8 Å². The third-order valence-corrected chi connectivity index (χ3v) is 4.74. The maximum atomic E-state index is 12.5. The molecule has 0 saturated carbocycles. The van der Waals surface area contributed by atoms with E-state index in [-0.39, 0.29) is 24.5 Å². The smallest absolute Gasteiger partial charge is 0.260 e. The van der Waals surface area contributed by atoms with E-state index in [4.69, 9.17) is 4.74 Å². The van der Waals surface area contributed by atoms with Crippen molar-refractivity contribution >= 4 is 11.8 Å². The Kier molecular flexibility index (Phi) is 6.41. The van der Waals surface area contributed by atoms with Gasteiger partial charge in [-0.15, -0.1) is 0 Å². The van der Waals surface area contributed by atoms with Crippen LogP contribution in [-0.2, 0) is 4.79 Å². The number of aromatic nitrogens is 1. The summed E-state index contributed by atoms with van der Waals surface area (Å²) in [6, 6.07) is 10.8. The zero-order valence-corrected chi connectivity index (χ0v) is 15.6. The fourth-order valence-electron chi connectivity index (χ4n) is 3.24. The number of nitrogens with one attached hydrogen (secondary N) is 1. The van der Waals surface area contributed by atoms with E-state index in [0.29, 0.717) is 17.7 Å². The molecule has 1 aromatic carbocycles. The lowest BCUT2D eigenvalue weighted by Gasteiger charge is -2.21. The Morgan fingerprint density at radius 1 is 1.19 bits per heavy atom. The number of hydrogen-bond donors (Lipinski definition) is 1. The van der Waals surface area contributed by atoms with Crippen molar-refractivity contribution in [2.24, 2.45) is 0 Å². The second kappa shape index (κ2) is 9.16. The number of carbonyl (C=O) groups is 2. The lowest BCUT2D eigenvalue weighted by Crippen LogP contribution is -2.32. The highest BCUT2D eigenvalue weighted by atomic mass is 16.5. The standard InChI is InChI=1S/C21H25N3O3/c1-2-18(23-21(26)16-8-7-11-22-14-16)17-9-3-4-10-19(17)27-15-20(25)24-12-5-6-13-24/h3-4,7-11,14,18H,2,5-6,12-13,15H2,1H3,(H,23,26)/t18-/m1/s1. The number of likely N-dealkylation sites (tertiary alicyclic amines) is 1. The van der Waals surface area contributed by atoms with Gasteiger partial charge in [0, 0.05) is 31.0 Å². The third-order valence-electron chi connectivity index (χ3n) is 4.74. The molecule has 1 aliphatic rings. The maximum Gasteiger partial charge on any atom is 0.260 e. The molecule has 0 unspecified atom stereocenters. The lowest BCUT2D eigenvalue weighted by molar-refractivity contribution is -0.132. The maximum absolute atomic E-state index is 12.5. The molecule has 0 radical (unpaired) electrons. The van der Waals surface area contributed by atoms with E-state index in [1.54, 1.807) is 24.5 Å². The van der Waals surface area contributed by atoms with Crippen molar-refractivity contribution in [3.63, 3.8) is 0 Å². The Morgan fingerprint density at radius 3 is 2.67 bits per heavy atom. The minimum absolute atomic E-state index is 0.00903. The molecule has 6 nitrogen and oxygen atoms in total. The van der Waals surface area contributed by atoms with Gasteiger partial charge in [-0.25, -0.2) is 0 Å². The van der Waals surface area contributed by atoms with E-state index in [1.165, 1.54) is 0 Å². The van der Waals surface area contributed by atoms with Crippen LogP contribution in [0.5, 0.6) is 5.75 Å². The highest BCUT2D eigenvalue weighted by Crippen LogP contribution is 2.27. The molecule has 1 fully saturated rings. The van der Waals surface area contributed by atoms with Crippen LogP contribution in [0.2, 0.25) is 0 Å². The average molecular weight is 367 g/mol. The van der Waals surface area contributed by atoms with Crippen LogP contribution in [0.1, 0.15) is 48.1 Å². The van der Waals surface area contributed by atoms with Gasteiger partial charge in [0.2, 0.25) is 0 Å². The summed E-state index contributed by atoms with van der Waals surface area (Å²) in [5, 5.41) is 3.03. The number of nitrogens with zero attached hydrogens (tertiary/aromatic N) is 2. The molecule has 1 aliphatic heterocycles. The number of rotatable bonds is 7. The van der Waals surface area contributed by atoms with E-state index in [0.717, 1.165) is 31.5 Å². The molecule has 6 heteroatoms. The molecule has 1 N–H and O–H groups in total. The summed E-state index contributed by atoms with van der Waals surface area (Å²) < 4.78 is 5.83. The van der Waals surface area contributed by atoms with Crippen molar-refractivity contribution in [3.05, 3.63) is 59.9 Å². The Hall–Kier alpha value is -2.89. The van der Waals surface area contributed by atoms with E-state index in [1.807, 2.05) is 36.1 Å². The van der Waals surface area contributed by atoms with E-state index < -0.39 is 0 Å².